The van der Waals surface area contributed by atoms with Crippen LogP contribution in [0.2, 0.25) is 0 Å². The second-order valence-corrected chi connectivity index (χ2v) is 5.69. The number of piperidine rings is 1. The lowest BCUT2D eigenvalue weighted by atomic mass is 9.76. The van der Waals surface area contributed by atoms with Crippen molar-refractivity contribution in [2.45, 2.75) is 46.1 Å². The molecule has 1 fully saturated rings. The van der Waals surface area contributed by atoms with Crippen molar-refractivity contribution >= 4 is 5.91 Å². The topological polar surface area (TPSA) is 41.1 Å². The van der Waals surface area contributed by atoms with Gasteiger partial charge in [-0.15, -0.1) is 0 Å². The van der Waals surface area contributed by atoms with Crippen LogP contribution in [-0.4, -0.2) is 19.0 Å². The number of benzene rings is 1. The first-order valence-electron chi connectivity index (χ1n) is 7.77. The van der Waals surface area contributed by atoms with Gasteiger partial charge in [-0.1, -0.05) is 38.1 Å². The highest BCUT2D eigenvalue weighted by molar-refractivity contribution is 5.82. The summed E-state index contributed by atoms with van der Waals surface area (Å²) in [5, 5.41) is 6.51. The van der Waals surface area contributed by atoms with Gasteiger partial charge < -0.3 is 10.6 Å². The molecule has 0 saturated carbocycles. The number of hydrogen-bond acceptors (Lipinski definition) is 2. The Kier molecular flexibility index (Phi) is 5.18. The molecule has 0 radical (unpaired) electrons. The van der Waals surface area contributed by atoms with Crippen LogP contribution < -0.4 is 10.6 Å². The third-order valence-corrected chi connectivity index (χ3v) is 4.66. The van der Waals surface area contributed by atoms with Gasteiger partial charge in [-0.25, -0.2) is 0 Å². The largest absolute Gasteiger partial charge is 0.352 e. The smallest absolute Gasteiger partial charge is 0.226 e. The Bertz CT molecular complexity index is 450. The van der Waals surface area contributed by atoms with Crippen molar-refractivity contribution in [2.24, 2.45) is 5.41 Å². The van der Waals surface area contributed by atoms with Gasteiger partial charge in [0.1, 0.15) is 0 Å². The van der Waals surface area contributed by atoms with Gasteiger partial charge in [0.05, 0.1) is 5.41 Å². The minimum Gasteiger partial charge on any atom is -0.352 e. The van der Waals surface area contributed by atoms with E-state index < -0.39 is 0 Å². The standard InChI is InChI=1S/C17H26N2O/c1-3-14-7-5-6-8-15(14)13-19-16(20)17(4-2)9-11-18-12-10-17/h5-8,18H,3-4,9-13H2,1-2H3,(H,19,20). The molecule has 1 saturated heterocycles. The minimum atomic E-state index is -0.160. The van der Waals surface area contributed by atoms with Crippen molar-refractivity contribution in [1.82, 2.24) is 10.6 Å². The van der Waals surface area contributed by atoms with Crippen molar-refractivity contribution in [1.29, 1.82) is 0 Å². The molecule has 0 unspecified atom stereocenters. The van der Waals surface area contributed by atoms with Crippen LogP contribution >= 0.6 is 0 Å². The van der Waals surface area contributed by atoms with Crippen molar-refractivity contribution in [3.8, 4) is 0 Å². The number of aryl methyl sites for hydroxylation is 1. The Morgan fingerprint density at radius 2 is 1.85 bits per heavy atom. The van der Waals surface area contributed by atoms with Crippen molar-refractivity contribution in [3.05, 3.63) is 35.4 Å². The molecule has 0 atom stereocenters. The molecule has 0 bridgehead atoms. The predicted octanol–water partition coefficient (Wildman–Crippen LogP) is 2.65. The average Bonchev–Trinajstić information content (AvgIpc) is 2.53. The summed E-state index contributed by atoms with van der Waals surface area (Å²) >= 11 is 0. The first kappa shape index (κ1) is 15.0. The summed E-state index contributed by atoms with van der Waals surface area (Å²) in [4.78, 5) is 12.6. The van der Waals surface area contributed by atoms with Crippen LogP contribution in [-0.2, 0) is 17.8 Å². The summed E-state index contributed by atoms with van der Waals surface area (Å²) in [6.45, 7) is 6.84. The number of rotatable bonds is 5. The van der Waals surface area contributed by atoms with Crippen LogP contribution in [0.15, 0.2) is 24.3 Å². The lowest BCUT2D eigenvalue weighted by Gasteiger charge is -2.35. The molecule has 20 heavy (non-hydrogen) atoms. The first-order chi connectivity index (χ1) is 9.72. The summed E-state index contributed by atoms with van der Waals surface area (Å²) in [6.07, 6.45) is 3.83. The molecule has 0 aromatic heterocycles. The van der Waals surface area contributed by atoms with Gasteiger partial charge in [-0.3, -0.25) is 4.79 Å². The third kappa shape index (κ3) is 3.21. The second kappa shape index (κ2) is 6.89. The summed E-state index contributed by atoms with van der Waals surface area (Å²) in [5.41, 5.74) is 2.40. The Hall–Kier alpha value is -1.35. The Morgan fingerprint density at radius 1 is 1.20 bits per heavy atom. The van der Waals surface area contributed by atoms with E-state index in [9.17, 15) is 4.79 Å². The van der Waals surface area contributed by atoms with E-state index >= 15 is 0 Å². The molecule has 1 heterocycles. The summed E-state index contributed by atoms with van der Waals surface area (Å²) < 4.78 is 0. The van der Waals surface area contributed by atoms with Crippen LogP contribution in [0.5, 0.6) is 0 Å². The van der Waals surface area contributed by atoms with Crippen molar-refractivity contribution < 1.29 is 4.79 Å². The van der Waals surface area contributed by atoms with E-state index in [2.05, 4.69) is 42.7 Å². The number of amides is 1. The Labute approximate surface area is 122 Å². The summed E-state index contributed by atoms with van der Waals surface area (Å²) in [7, 11) is 0. The van der Waals surface area contributed by atoms with E-state index in [0.717, 1.165) is 38.8 Å². The molecule has 2 rings (SSSR count). The molecule has 110 valence electrons. The third-order valence-electron chi connectivity index (χ3n) is 4.66. The Balaban J connectivity index is 2.00. The quantitative estimate of drug-likeness (QED) is 0.866. The predicted molar refractivity (Wildman–Crippen MR) is 82.5 cm³/mol. The zero-order valence-electron chi connectivity index (χ0n) is 12.7. The van der Waals surface area contributed by atoms with Crippen molar-refractivity contribution in [2.75, 3.05) is 13.1 Å². The molecular formula is C17H26N2O. The monoisotopic (exact) mass is 274 g/mol. The maximum Gasteiger partial charge on any atom is 0.226 e. The van der Waals surface area contributed by atoms with Gasteiger partial charge in [-0.2, -0.15) is 0 Å². The maximum atomic E-state index is 12.6. The zero-order chi connectivity index (χ0) is 14.4. The van der Waals surface area contributed by atoms with E-state index in [4.69, 9.17) is 0 Å². The number of nitrogens with one attached hydrogen (secondary N) is 2. The fraction of sp³-hybridized carbons (Fsp3) is 0.588. The van der Waals surface area contributed by atoms with E-state index in [1.165, 1.54) is 11.1 Å². The number of carbonyl (C=O) groups excluding carboxylic acids is 1. The summed E-state index contributed by atoms with van der Waals surface area (Å²) in [6, 6.07) is 8.35. The van der Waals surface area contributed by atoms with E-state index in [1.807, 2.05) is 6.07 Å². The lowest BCUT2D eigenvalue weighted by molar-refractivity contribution is -0.133. The average molecular weight is 274 g/mol. The fourth-order valence-corrected chi connectivity index (χ4v) is 3.08. The molecule has 0 spiro atoms. The van der Waals surface area contributed by atoms with Gasteiger partial charge in [-0.05, 0) is 49.9 Å². The number of hydrogen-bond donors (Lipinski definition) is 2. The van der Waals surface area contributed by atoms with Gasteiger partial charge in [0.15, 0.2) is 0 Å². The highest BCUT2D eigenvalue weighted by Crippen LogP contribution is 2.32. The molecule has 1 aliphatic heterocycles. The Morgan fingerprint density at radius 3 is 2.45 bits per heavy atom. The van der Waals surface area contributed by atoms with Crippen molar-refractivity contribution in [3.63, 3.8) is 0 Å². The molecule has 3 nitrogen and oxygen atoms in total. The number of carbonyl (C=O) groups is 1. The fourth-order valence-electron chi connectivity index (χ4n) is 3.08. The van der Waals surface area contributed by atoms with Crippen LogP contribution in [0.4, 0.5) is 0 Å². The van der Waals surface area contributed by atoms with Gasteiger partial charge >= 0.3 is 0 Å². The second-order valence-electron chi connectivity index (χ2n) is 5.69. The molecule has 3 heteroatoms. The van der Waals surface area contributed by atoms with E-state index in [1.54, 1.807) is 0 Å². The first-order valence-corrected chi connectivity index (χ1v) is 7.77. The van der Waals surface area contributed by atoms with Gasteiger partial charge in [0.25, 0.3) is 0 Å². The molecule has 2 N–H and O–H groups in total. The normalized spacial score (nSPS) is 17.7. The van der Waals surface area contributed by atoms with Gasteiger partial charge in [0.2, 0.25) is 5.91 Å². The van der Waals surface area contributed by atoms with Crippen LogP contribution in [0, 0.1) is 5.41 Å². The molecule has 1 aromatic rings. The summed E-state index contributed by atoms with van der Waals surface area (Å²) in [5.74, 6) is 0.229. The van der Waals surface area contributed by atoms with Crippen LogP contribution in [0.25, 0.3) is 0 Å². The van der Waals surface area contributed by atoms with E-state index in [0.29, 0.717) is 6.54 Å². The molecular weight excluding hydrogens is 248 g/mol. The van der Waals surface area contributed by atoms with Crippen LogP contribution in [0.3, 0.4) is 0 Å². The van der Waals surface area contributed by atoms with E-state index in [-0.39, 0.29) is 11.3 Å². The van der Waals surface area contributed by atoms with Gasteiger partial charge in [0, 0.05) is 6.54 Å². The highest BCUT2D eigenvalue weighted by Gasteiger charge is 2.37. The molecule has 1 aliphatic rings. The maximum absolute atomic E-state index is 12.6. The molecule has 1 amide bonds. The molecule has 1 aromatic carbocycles. The molecule has 0 aliphatic carbocycles. The van der Waals surface area contributed by atoms with Crippen LogP contribution in [0.1, 0.15) is 44.2 Å². The lowest BCUT2D eigenvalue weighted by Crippen LogP contribution is -2.47. The zero-order valence-corrected chi connectivity index (χ0v) is 12.7. The SMILES string of the molecule is CCc1ccccc1CNC(=O)C1(CC)CCNCC1. The minimum absolute atomic E-state index is 0.160. The highest BCUT2D eigenvalue weighted by atomic mass is 16.2.